The summed E-state index contributed by atoms with van der Waals surface area (Å²) >= 11 is 2.81. The first-order valence-corrected chi connectivity index (χ1v) is 18.1. The van der Waals surface area contributed by atoms with E-state index in [9.17, 15) is 24.0 Å². The van der Waals surface area contributed by atoms with Crippen LogP contribution in [0.4, 0.5) is 5.69 Å². The number of methoxy groups -OCH3 is 2. The average molecular weight is 708 g/mol. The van der Waals surface area contributed by atoms with Crippen molar-refractivity contribution in [1.82, 2.24) is 9.88 Å². The number of hydrogen-bond donors (Lipinski definition) is 3. The van der Waals surface area contributed by atoms with Gasteiger partial charge in [0.05, 0.1) is 31.1 Å². The molecule has 2 aliphatic heterocycles. The molecule has 2 aliphatic carbocycles. The summed E-state index contributed by atoms with van der Waals surface area (Å²) in [5.74, 6) is -0.873. The number of ether oxygens (including phenoxy) is 3. The summed E-state index contributed by atoms with van der Waals surface area (Å²) in [4.78, 5) is 68.9. The Balaban J connectivity index is 1.10. The molecule has 2 aromatic carbocycles. The van der Waals surface area contributed by atoms with E-state index in [4.69, 9.17) is 19.3 Å². The van der Waals surface area contributed by atoms with Crippen molar-refractivity contribution in [3.8, 4) is 17.2 Å². The number of hydrogen-bond acceptors (Lipinski definition) is 10. The molecule has 0 spiro atoms. The third-order valence-electron chi connectivity index (χ3n) is 10.4. The minimum Gasteiger partial charge on any atom is -0.497 e. The highest BCUT2D eigenvalue weighted by atomic mass is 32.2. The number of H-pyrrole nitrogens is 1. The van der Waals surface area contributed by atoms with Crippen LogP contribution in [0, 0.1) is 29.6 Å². The molecule has 6 unspecified atom stereocenters. The van der Waals surface area contributed by atoms with Crippen LogP contribution in [-0.4, -0.2) is 71.3 Å². The van der Waals surface area contributed by atoms with E-state index in [1.807, 2.05) is 12.1 Å². The van der Waals surface area contributed by atoms with Gasteiger partial charge in [0.1, 0.15) is 5.75 Å². The normalized spacial score (nSPS) is 26.2. The molecule has 1 saturated heterocycles. The third-order valence-corrected chi connectivity index (χ3v) is 13.0. The van der Waals surface area contributed by atoms with Crippen molar-refractivity contribution in [3.63, 3.8) is 0 Å². The zero-order valence-electron chi connectivity index (χ0n) is 27.0. The van der Waals surface area contributed by atoms with E-state index in [-0.39, 0.29) is 70.5 Å². The molecule has 0 radical (unpaired) electrons. The van der Waals surface area contributed by atoms with Crippen LogP contribution in [0.2, 0.25) is 0 Å². The molecule has 12 nitrogen and oxygen atoms in total. The van der Waals surface area contributed by atoms with Gasteiger partial charge in [-0.05, 0) is 79.0 Å². The van der Waals surface area contributed by atoms with Gasteiger partial charge in [0, 0.05) is 34.7 Å². The van der Waals surface area contributed by atoms with Crippen LogP contribution in [0.15, 0.2) is 52.3 Å². The number of likely N-dealkylation sites (tertiary alicyclic amines) is 1. The Kier molecular flexibility index (Phi) is 9.18. The van der Waals surface area contributed by atoms with Gasteiger partial charge in [-0.1, -0.05) is 23.8 Å². The van der Waals surface area contributed by atoms with E-state index in [1.165, 1.54) is 23.3 Å². The average Bonchev–Trinajstić information content (AvgIpc) is 3.83. The molecule has 7 atom stereocenters. The quantitative estimate of drug-likeness (QED) is 0.169. The van der Waals surface area contributed by atoms with E-state index in [2.05, 4.69) is 10.3 Å². The van der Waals surface area contributed by atoms with Gasteiger partial charge in [-0.3, -0.25) is 28.9 Å². The van der Waals surface area contributed by atoms with Crippen molar-refractivity contribution in [3.05, 3.63) is 62.6 Å². The Hall–Kier alpha value is -4.30. The summed E-state index contributed by atoms with van der Waals surface area (Å²) in [7, 11) is 3.10. The van der Waals surface area contributed by atoms with Crippen LogP contribution in [0.3, 0.4) is 0 Å². The number of aliphatic carboxylic acids is 1. The van der Waals surface area contributed by atoms with E-state index < -0.39 is 11.9 Å². The monoisotopic (exact) mass is 707 g/mol. The fourth-order valence-electron chi connectivity index (χ4n) is 8.41. The summed E-state index contributed by atoms with van der Waals surface area (Å²) in [5, 5.41) is 12.6. The predicted octanol–water partition coefficient (Wildman–Crippen LogP) is 4.59. The molecule has 3 heterocycles. The second-order valence-electron chi connectivity index (χ2n) is 13.0. The van der Waals surface area contributed by atoms with Crippen molar-refractivity contribution in [2.45, 2.75) is 48.3 Å². The number of aromatic amines is 1. The number of carboxylic acid groups (broad SMARTS) is 1. The number of nitrogens with one attached hydrogen (secondary N) is 2. The zero-order chi connectivity index (χ0) is 34.4. The number of thiazole rings is 1. The molecule has 49 heavy (non-hydrogen) atoms. The van der Waals surface area contributed by atoms with Gasteiger partial charge >= 0.3 is 10.8 Å². The van der Waals surface area contributed by atoms with Crippen LogP contribution in [0.5, 0.6) is 17.2 Å². The van der Waals surface area contributed by atoms with Crippen LogP contribution in [0.1, 0.15) is 48.5 Å². The maximum atomic E-state index is 13.8. The van der Waals surface area contributed by atoms with Crippen LogP contribution in [0.25, 0.3) is 0 Å². The highest BCUT2D eigenvalue weighted by molar-refractivity contribution is 8.00. The lowest BCUT2D eigenvalue weighted by molar-refractivity contribution is -0.141. The molecule has 1 aromatic heterocycles. The Morgan fingerprint density at radius 2 is 1.71 bits per heavy atom. The first kappa shape index (κ1) is 33.2. The molecule has 3 aromatic rings. The smallest absolute Gasteiger partial charge is 0.305 e. The number of anilines is 1. The number of amides is 3. The predicted molar refractivity (Wildman–Crippen MR) is 181 cm³/mol. The SMILES string of the molecule is COc1ccc(NC(=O)COc2ccc([C@H]3c4sc(=O)[nH]c4SC4C5CC(C6C(=O)N(CCCCCC(=O)O)C(=O)C56)C43)cc2OC)cc1. The highest BCUT2D eigenvalue weighted by Gasteiger charge is 2.69. The maximum absolute atomic E-state index is 13.8. The third kappa shape index (κ3) is 6.09. The Labute approximate surface area is 290 Å². The molecule has 258 valence electrons. The van der Waals surface area contributed by atoms with E-state index in [1.54, 1.807) is 49.2 Å². The van der Waals surface area contributed by atoms with Gasteiger partial charge in [-0.15, -0.1) is 11.8 Å². The summed E-state index contributed by atoms with van der Waals surface area (Å²) in [6.45, 7) is 0.0716. The molecular weight excluding hydrogens is 671 g/mol. The van der Waals surface area contributed by atoms with Crippen molar-refractivity contribution < 1.29 is 38.5 Å². The van der Waals surface area contributed by atoms with Crippen molar-refractivity contribution in [1.29, 1.82) is 0 Å². The van der Waals surface area contributed by atoms with Crippen LogP contribution in [-0.2, 0) is 19.2 Å². The van der Waals surface area contributed by atoms with E-state index in [0.717, 1.165) is 21.9 Å². The lowest BCUT2D eigenvalue weighted by Gasteiger charge is -2.43. The van der Waals surface area contributed by atoms with Crippen molar-refractivity contribution in [2.24, 2.45) is 29.6 Å². The fraction of sp³-hybridized carbons (Fsp3) is 0.457. The Morgan fingerprint density at radius 1 is 0.959 bits per heavy atom. The first-order valence-electron chi connectivity index (χ1n) is 16.4. The number of carboxylic acids is 1. The summed E-state index contributed by atoms with van der Waals surface area (Å²) in [5.41, 5.74) is 1.52. The summed E-state index contributed by atoms with van der Waals surface area (Å²) in [6.07, 6.45) is 2.58. The van der Waals surface area contributed by atoms with Crippen LogP contribution < -0.4 is 24.4 Å². The second kappa shape index (κ2) is 13.5. The minimum absolute atomic E-state index is 0.00577. The molecule has 4 aliphatic rings. The van der Waals surface area contributed by atoms with Gasteiger partial charge in [-0.25, -0.2) is 0 Å². The number of carbonyl (C=O) groups excluding carboxylic acids is 3. The number of unbranched alkanes of at least 4 members (excludes halogenated alkanes) is 2. The number of benzene rings is 2. The summed E-state index contributed by atoms with van der Waals surface area (Å²) in [6, 6.07) is 12.6. The number of aromatic nitrogens is 1. The molecule has 2 saturated carbocycles. The molecule has 3 N–H and O–H groups in total. The molecule has 3 fully saturated rings. The lowest BCUT2D eigenvalue weighted by atomic mass is 9.68. The van der Waals surface area contributed by atoms with Gasteiger partial charge in [0.2, 0.25) is 11.8 Å². The fourth-order valence-corrected chi connectivity index (χ4v) is 11.3. The largest absolute Gasteiger partial charge is 0.497 e. The van der Waals surface area contributed by atoms with E-state index >= 15 is 0 Å². The maximum Gasteiger partial charge on any atom is 0.305 e. The highest BCUT2D eigenvalue weighted by Crippen LogP contribution is 2.68. The number of fused-ring (bicyclic) bond motifs is 9. The number of thioether (sulfide) groups is 1. The van der Waals surface area contributed by atoms with Gasteiger partial charge < -0.3 is 29.6 Å². The van der Waals surface area contributed by atoms with Crippen molar-refractivity contribution >= 4 is 52.5 Å². The molecular formula is C35H37N3O9S2. The topological polar surface area (TPSA) is 164 Å². The zero-order valence-corrected chi connectivity index (χ0v) is 28.6. The standard InChI is InChI=1S/C35H37N3O9S2/c1-45-19-10-8-18(9-11-19)36-24(39)16-47-22-12-7-17(14-23(22)46-2)26-27-20-15-21(30(27)48-32-31(26)49-35(44)37-32)29-28(20)33(42)38(34(29)43)13-5-3-4-6-25(40)41/h7-12,14,20-21,26-30H,3-6,13,15-16H2,1-2H3,(H,36,39)(H,37,44)(H,40,41)/t20?,21?,26-,27?,28?,29?,30?/m1/s1. The number of carbonyl (C=O) groups is 4. The molecule has 7 rings (SSSR count). The lowest BCUT2D eigenvalue weighted by Crippen LogP contribution is -2.42. The summed E-state index contributed by atoms with van der Waals surface area (Å²) < 4.78 is 16.8. The van der Waals surface area contributed by atoms with Gasteiger partial charge in [0.25, 0.3) is 5.91 Å². The number of imide groups is 1. The Bertz CT molecular complexity index is 1840. The molecule has 3 amide bonds. The Morgan fingerprint density at radius 3 is 2.43 bits per heavy atom. The molecule has 2 bridgehead atoms. The van der Waals surface area contributed by atoms with Gasteiger partial charge in [-0.2, -0.15) is 0 Å². The van der Waals surface area contributed by atoms with Crippen LogP contribution >= 0.6 is 23.1 Å². The second-order valence-corrected chi connectivity index (χ2v) is 15.2. The number of rotatable bonds is 13. The number of nitrogens with zero attached hydrogens (tertiary/aromatic N) is 1. The van der Waals surface area contributed by atoms with Crippen molar-refractivity contribution in [2.75, 3.05) is 32.7 Å². The minimum atomic E-state index is -0.850. The van der Waals surface area contributed by atoms with Gasteiger partial charge in [0.15, 0.2) is 18.1 Å². The first-order chi connectivity index (χ1) is 23.7. The van der Waals surface area contributed by atoms with E-state index in [0.29, 0.717) is 48.7 Å². The molecule has 14 heteroatoms.